The molecule has 0 aliphatic rings. The number of benzene rings is 1. The Hall–Kier alpha value is -0.580. The van der Waals surface area contributed by atoms with Crippen LogP contribution in [-0.4, -0.2) is 6.54 Å². The van der Waals surface area contributed by atoms with Crippen LogP contribution >= 0.6 is 31.9 Å². The van der Waals surface area contributed by atoms with Gasteiger partial charge in [-0.3, -0.25) is 0 Å². The van der Waals surface area contributed by atoms with Crippen molar-refractivity contribution in [3.05, 3.63) is 56.9 Å². The van der Waals surface area contributed by atoms with E-state index in [1.54, 1.807) is 0 Å². The van der Waals surface area contributed by atoms with E-state index in [9.17, 15) is 0 Å². The van der Waals surface area contributed by atoms with Crippen LogP contribution in [-0.2, 0) is 6.54 Å². The molecule has 0 aliphatic carbocycles. The Morgan fingerprint density at radius 2 is 1.95 bits per heavy atom. The van der Waals surface area contributed by atoms with Crippen LogP contribution in [0.15, 0.2) is 50.0 Å². The van der Waals surface area contributed by atoms with Gasteiger partial charge < -0.3 is 9.73 Å². The van der Waals surface area contributed by atoms with E-state index >= 15 is 0 Å². The van der Waals surface area contributed by atoms with E-state index in [0.29, 0.717) is 5.92 Å². The lowest BCUT2D eigenvalue weighted by atomic mass is 9.98. The lowest BCUT2D eigenvalue weighted by Crippen LogP contribution is -2.16. The molecule has 0 aliphatic heterocycles. The predicted octanol–water partition coefficient (Wildman–Crippen LogP) is 5.09. The number of nitrogens with one attached hydrogen (secondary N) is 1. The minimum atomic E-state index is 0.573. The molecule has 1 aromatic carbocycles. The van der Waals surface area contributed by atoms with Gasteiger partial charge in [0, 0.05) is 0 Å². The Bertz CT molecular complexity index is 491. The quantitative estimate of drug-likeness (QED) is 0.699. The molecule has 1 unspecified atom stereocenters. The molecule has 2 rings (SSSR count). The van der Waals surface area contributed by atoms with Crippen LogP contribution < -0.4 is 5.32 Å². The van der Waals surface area contributed by atoms with Crippen molar-refractivity contribution in [2.45, 2.75) is 25.8 Å². The van der Waals surface area contributed by atoms with E-state index in [-0.39, 0.29) is 0 Å². The van der Waals surface area contributed by atoms with Gasteiger partial charge in [0.05, 0.1) is 11.0 Å². The highest BCUT2D eigenvalue weighted by atomic mass is 79.9. The van der Waals surface area contributed by atoms with E-state index in [2.05, 4.69) is 74.4 Å². The first-order valence-corrected chi connectivity index (χ1v) is 7.95. The van der Waals surface area contributed by atoms with Crippen LogP contribution in [0.5, 0.6) is 0 Å². The fraction of sp³-hybridized carbons (Fsp3) is 0.333. The predicted molar refractivity (Wildman–Crippen MR) is 85.3 cm³/mol. The van der Waals surface area contributed by atoms with Crippen molar-refractivity contribution >= 4 is 31.9 Å². The molecular formula is C15H17Br2NO. The Kier molecular flexibility index (Phi) is 5.67. The third kappa shape index (κ3) is 4.48. The number of halogens is 2. The number of hydrogen-bond acceptors (Lipinski definition) is 2. The van der Waals surface area contributed by atoms with Gasteiger partial charge >= 0.3 is 0 Å². The van der Waals surface area contributed by atoms with Gasteiger partial charge in [-0.05, 0) is 62.4 Å². The standard InChI is InChI=1S/C15H17Br2NO/c1-11(12-5-3-2-4-6-12)7-8-18-10-13-9-14(16)15(17)19-13/h2-6,9,11,18H,7-8,10H2,1H3. The second-order valence-electron chi connectivity index (χ2n) is 4.61. The van der Waals surface area contributed by atoms with Crippen LogP contribution in [0.2, 0.25) is 0 Å². The van der Waals surface area contributed by atoms with Crippen molar-refractivity contribution in [2.24, 2.45) is 0 Å². The molecule has 2 nitrogen and oxygen atoms in total. The van der Waals surface area contributed by atoms with Gasteiger partial charge in [0.25, 0.3) is 0 Å². The highest BCUT2D eigenvalue weighted by Crippen LogP contribution is 2.26. The van der Waals surface area contributed by atoms with Gasteiger partial charge in [0.1, 0.15) is 5.76 Å². The molecule has 2 aromatic rings. The molecule has 1 heterocycles. The molecule has 19 heavy (non-hydrogen) atoms. The Balaban J connectivity index is 1.72. The molecule has 102 valence electrons. The van der Waals surface area contributed by atoms with Crippen LogP contribution in [0.1, 0.15) is 30.6 Å². The van der Waals surface area contributed by atoms with Crippen LogP contribution in [0.4, 0.5) is 0 Å². The van der Waals surface area contributed by atoms with Crippen molar-refractivity contribution in [2.75, 3.05) is 6.54 Å². The second-order valence-corrected chi connectivity index (χ2v) is 6.19. The molecule has 0 spiro atoms. The first-order chi connectivity index (χ1) is 9.16. The molecule has 0 amide bonds. The largest absolute Gasteiger partial charge is 0.452 e. The first kappa shape index (κ1) is 14.8. The number of rotatable bonds is 6. The normalized spacial score (nSPS) is 12.6. The molecule has 1 N–H and O–H groups in total. The maximum absolute atomic E-state index is 5.51. The third-order valence-corrected chi connectivity index (χ3v) is 4.83. The summed E-state index contributed by atoms with van der Waals surface area (Å²) in [5.74, 6) is 1.51. The summed E-state index contributed by atoms with van der Waals surface area (Å²) in [6.07, 6.45) is 1.12. The van der Waals surface area contributed by atoms with E-state index in [4.69, 9.17) is 4.42 Å². The smallest absolute Gasteiger partial charge is 0.183 e. The summed E-state index contributed by atoms with van der Waals surface area (Å²) in [5.41, 5.74) is 1.40. The summed E-state index contributed by atoms with van der Waals surface area (Å²) >= 11 is 6.75. The van der Waals surface area contributed by atoms with Crippen molar-refractivity contribution < 1.29 is 4.42 Å². The summed E-state index contributed by atoms with van der Waals surface area (Å²) < 4.78 is 7.23. The van der Waals surface area contributed by atoms with Crippen LogP contribution in [0, 0.1) is 0 Å². The van der Waals surface area contributed by atoms with E-state index < -0.39 is 0 Å². The van der Waals surface area contributed by atoms with E-state index in [1.165, 1.54) is 5.56 Å². The molecular weight excluding hydrogens is 370 g/mol. The molecule has 0 fully saturated rings. The monoisotopic (exact) mass is 385 g/mol. The fourth-order valence-electron chi connectivity index (χ4n) is 1.96. The average molecular weight is 387 g/mol. The lowest BCUT2D eigenvalue weighted by molar-refractivity contribution is 0.459. The maximum Gasteiger partial charge on any atom is 0.183 e. The lowest BCUT2D eigenvalue weighted by Gasteiger charge is -2.11. The van der Waals surface area contributed by atoms with Gasteiger partial charge in [-0.25, -0.2) is 0 Å². The number of hydrogen-bond donors (Lipinski definition) is 1. The summed E-state index contributed by atoms with van der Waals surface area (Å²) in [4.78, 5) is 0. The zero-order valence-electron chi connectivity index (χ0n) is 10.8. The van der Waals surface area contributed by atoms with Crippen molar-refractivity contribution in [3.8, 4) is 0 Å². The minimum Gasteiger partial charge on any atom is -0.452 e. The van der Waals surface area contributed by atoms with Crippen LogP contribution in [0.3, 0.4) is 0 Å². The molecule has 4 heteroatoms. The Morgan fingerprint density at radius 3 is 2.58 bits per heavy atom. The van der Waals surface area contributed by atoms with E-state index in [0.717, 1.165) is 34.4 Å². The Labute approximate surface area is 130 Å². The van der Waals surface area contributed by atoms with Gasteiger partial charge in [-0.15, -0.1) is 0 Å². The Morgan fingerprint density at radius 1 is 1.21 bits per heavy atom. The fourth-order valence-corrected chi connectivity index (χ4v) is 2.62. The summed E-state index contributed by atoms with van der Waals surface area (Å²) in [5, 5.41) is 3.41. The summed E-state index contributed by atoms with van der Waals surface area (Å²) in [6.45, 7) is 3.99. The second kappa shape index (κ2) is 7.27. The zero-order valence-corrected chi connectivity index (χ0v) is 14.0. The van der Waals surface area contributed by atoms with Crippen LogP contribution in [0.25, 0.3) is 0 Å². The van der Waals surface area contributed by atoms with Gasteiger partial charge in [-0.2, -0.15) is 0 Å². The SMILES string of the molecule is CC(CCNCc1cc(Br)c(Br)o1)c1ccccc1. The summed E-state index contributed by atoms with van der Waals surface area (Å²) in [7, 11) is 0. The molecule has 0 bridgehead atoms. The zero-order chi connectivity index (χ0) is 13.7. The maximum atomic E-state index is 5.51. The number of furan rings is 1. The highest BCUT2D eigenvalue weighted by molar-refractivity contribution is 9.13. The van der Waals surface area contributed by atoms with Crippen molar-refractivity contribution in [3.63, 3.8) is 0 Å². The molecule has 1 atom stereocenters. The van der Waals surface area contributed by atoms with E-state index in [1.807, 2.05) is 6.07 Å². The van der Waals surface area contributed by atoms with Crippen molar-refractivity contribution in [1.29, 1.82) is 0 Å². The topological polar surface area (TPSA) is 25.2 Å². The molecule has 0 radical (unpaired) electrons. The minimum absolute atomic E-state index is 0.573. The molecule has 1 aromatic heterocycles. The van der Waals surface area contributed by atoms with Gasteiger partial charge in [0.15, 0.2) is 4.67 Å². The van der Waals surface area contributed by atoms with Gasteiger partial charge in [0.2, 0.25) is 0 Å². The third-order valence-electron chi connectivity index (χ3n) is 3.12. The highest BCUT2D eigenvalue weighted by Gasteiger charge is 2.07. The first-order valence-electron chi connectivity index (χ1n) is 6.36. The summed E-state index contributed by atoms with van der Waals surface area (Å²) in [6, 6.07) is 12.6. The van der Waals surface area contributed by atoms with Gasteiger partial charge in [-0.1, -0.05) is 37.3 Å². The van der Waals surface area contributed by atoms with Crippen molar-refractivity contribution in [1.82, 2.24) is 5.32 Å². The molecule has 0 saturated heterocycles. The average Bonchev–Trinajstić information content (AvgIpc) is 2.74. The molecule has 0 saturated carbocycles.